The van der Waals surface area contributed by atoms with E-state index >= 15 is 0 Å². The standard InChI is InChI=1S/C16H25NO2/c1-2-12-8-5-9-16(12)10-13(18)17-15(19)14(16)11-6-3-4-7-11/h11-12,14H,2-10H2,1H3,(H,17,18,19). The van der Waals surface area contributed by atoms with Crippen LogP contribution in [0, 0.1) is 23.2 Å². The summed E-state index contributed by atoms with van der Waals surface area (Å²) in [5.74, 6) is 1.23. The largest absolute Gasteiger partial charge is 0.296 e. The summed E-state index contributed by atoms with van der Waals surface area (Å²) >= 11 is 0. The van der Waals surface area contributed by atoms with Gasteiger partial charge in [-0.05, 0) is 42.9 Å². The predicted octanol–water partition coefficient (Wildman–Crippen LogP) is 3.04. The van der Waals surface area contributed by atoms with Crippen molar-refractivity contribution in [3.8, 4) is 0 Å². The first kappa shape index (κ1) is 13.1. The van der Waals surface area contributed by atoms with Gasteiger partial charge in [0, 0.05) is 12.3 Å². The fourth-order valence-electron chi connectivity index (χ4n) is 5.33. The monoisotopic (exact) mass is 263 g/mol. The fourth-order valence-corrected chi connectivity index (χ4v) is 5.33. The molecule has 3 atom stereocenters. The second-order valence-corrected chi connectivity index (χ2v) is 6.84. The molecule has 2 amide bonds. The zero-order valence-electron chi connectivity index (χ0n) is 11.9. The fraction of sp³-hybridized carbons (Fsp3) is 0.875. The Morgan fingerprint density at radius 1 is 1.16 bits per heavy atom. The van der Waals surface area contributed by atoms with Gasteiger partial charge >= 0.3 is 0 Å². The molecule has 3 aliphatic rings. The molecule has 2 aliphatic carbocycles. The molecule has 3 rings (SSSR count). The van der Waals surface area contributed by atoms with Crippen LogP contribution in [0.15, 0.2) is 0 Å². The first-order valence-corrected chi connectivity index (χ1v) is 8.01. The smallest absolute Gasteiger partial charge is 0.230 e. The van der Waals surface area contributed by atoms with Gasteiger partial charge in [-0.2, -0.15) is 0 Å². The van der Waals surface area contributed by atoms with Crippen molar-refractivity contribution < 1.29 is 9.59 Å². The summed E-state index contributed by atoms with van der Waals surface area (Å²) in [4.78, 5) is 24.4. The molecule has 3 fully saturated rings. The molecule has 2 saturated carbocycles. The van der Waals surface area contributed by atoms with Crippen LogP contribution in [0.2, 0.25) is 0 Å². The minimum Gasteiger partial charge on any atom is -0.296 e. The first-order chi connectivity index (χ1) is 9.17. The van der Waals surface area contributed by atoms with E-state index in [0.717, 1.165) is 12.8 Å². The summed E-state index contributed by atoms with van der Waals surface area (Å²) < 4.78 is 0. The molecule has 0 aromatic rings. The molecular formula is C16H25NO2. The Morgan fingerprint density at radius 3 is 2.58 bits per heavy atom. The summed E-state index contributed by atoms with van der Waals surface area (Å²) in [7, 11) is 0. The van der Waals surface area contributed by atoms with Gasteiger partial charge < -0.3 is 0 Å². The quantitative estimate of drug-likeness (QED) is 0.778. The number of rotatable bonds is 2. The number of nitrogens with one attached hydrogen (secondary N) is 1. The van der Waals surface area contributed by atoms with E-state index in [4.69, 9.17) is 0 Å². The van der Waals surface area contributed by atoms with Crippen molar-refractivity contribution in [2.75, 3.05) is 0 Å². The van der Waals surface area contributed by atoms with Gasteiger partial charge in [-0.1, -0.05) is 32.6 Å². The number of hydrogen-bond acceptors (Lipinski definition) is 2. The van der Waals surface area contributed by atoms with E-state index < -0.39 is 0 Å². The first-order valence-electron chi connectivity index (χ1n) is 8.01. The maximum atomic E-state index is 12.5. The maximum Gasteiger partial charge on any atom is 0.230 e. The third-order valence-corrected chi connectivity index (χ3v) is 6.03. The highest BCUT2D eigenvalue weighted by atomic mass is 16.2. The Kier molecular flexibility index (Phi) is 3.40. The van der Waals surface area contributed by atoms with Gasteiger partial charge in [-0.3, -0.25) is 14.9 Å². The average molecular weight is 263 g/mol. The lowest BCUT2D eigenvalue weighted by Gasteiger charge is -2.46. The zero-order chi connectivity index (χ0) is 13.5. The van der Waals surface area contributed by atoms with E-state index in [0.29, 0.717) is 18.3 Å². The summed E-state index contributed by atoms with van der Waals surface area (Å²) in [6.45, 7) is 2.22. The van der Waals surface area contributed by atoms with Gasteiger partial charge in [0.25, 0.3) is 0 Å². The Bertz CT molecular complexity index is 386. The minimum atomic E-state index is -0.0282. The van der Waals surface area contributed by atoms with E-state index in [1.807, 2.05) is 0 Å². The Labute approximate surface area is 115 Å². The number of amides is 2. The summed E-state index contributed by atoms with van der Waals surface area (Å²) in [6.07, 6.45) is 10.1. The summed E-state index contributed by atoms with van der Waals surface area (Å²) in [5.41, 5.74) is 0.00315. The molecule has 0 aromatic heterocycles. The summed E-state index contributed by atoms with van der Waals surface area (Å²) in [6, 6.07) is 0. The molecule has 0 aromatic carbocycles. The van der Waals surface area contributed by atoms with Crippen molar-refractivity contribution in [3.63, 3.8) is 0 Å². The van der Waals surface area contributed by atoms with E-state index in [1.54, 1.807) is 0 Å². The molecule has 1 spiro atoms. The van der Waals surface area contributed by atoms with Gasteiger partial charge in [0.1, 0.15) is 0 Å². The van der Waals surface area contributed by atoms with Crippen molar-refractivity contribution in [2.45, 2.75) is 64.7 Å². The van der Waals surface area contributed by atoms with Crippen molar-refractivity contribution in [2.24, 2.45) is 23.2 Å². The van der Waals surface area contributed by atoms with Crippen molar-refractivity contribution in [1.82, 2.24) is 5.32 Å². The predicted molar refractivity (Wildman–Crippen MR) is 73.3 cm³/mol. The van der Waals surface area contributed by atoms with Crippen LogP contribution in [0.5, 0.6) is 0 Å². The molecule has 1 saturated heterocycles. The van der Waals surface area contributed by atoms with Crippen molar-refractivity contribution in [3.05, 3.63) is 0 Å². The normalized spacial score (nSPS) is 40.1. The van der Waals surface area contributed by atoms with Crippen LogP contribution < -0.4 is 5.32 Å². The molecule has 106 valence electrons. The van der Waals surface area contributed by atoms with Crippen LogP contribution in [-0.4, -0.2) is 11.8 Å². The van der Waals surface area contributed by atoms with Crippen LogP contribution in [-0.2, 0) is 9.59 Å². The third kappa shape index (κ3) is 2.02. The molecule has 1 aliphatic heterocycles. The highest BCUT2D eigenvalue weighted by Gasteiger charge is 2.56. The molecule has 3 heteroatoms. The molecule has 3 unspecified atom stereocenters. The van der Waals surface area contributed by atoms with E-state index in [-0.39, 0.29) is 23.1 Å². The van der Waals surface area contributed by atoms with Gasteiger partial charge in [0.15, 0.2) is 0 Å². The number of carbonyl (C=O) groups excluding carboxylic acids is 2. The lowest BCUT2D eigenvalue weighted by Crippen LogP contribution is -2.55. The minimum absolute atomic E-state index is 0.00315. The Balaban J connectivity index is 1.95. The highest BCUT2D eigenvalue weighted by molar-refractivity contribution is 6.00. The molecule has 19 heavy (non-hydrogen) atoms. The average Bonchev–Trinajstić information content (AvgIpc) is 2.98. The zero-order valence-corrected chi connectivity index (χ0v) is 11.9. The molecule has 0 bridgehead atoms. The van der Waals surface area contributed by atoms with E-state index in [9.17, 15) is 9.59 Å². The van der Waals surface area contributed by atoms with Gasteiger partial charge in [0.05, 0.1) is 0 Å². The van der Waals surface area contributed by atoms with Crippen LogP contribution in [0.3, 0.4) is 0 Å². The van der Waals surface area contributed by atoms with Crippen molar-refractivity contribution >= 4 is 11.8 Å². The highest BCUT2D eigenvalue weighted by Crippen LogP contribution is 2.57. The van der Waals surface area contributed by atoms with Gasteiger partial charge in [-0.15, -0.1) is 0 Å². The summed E-state index contributed by atoms with van der Waals surface area (Å²) in [5, 5.41) is 2.62. The van der Waals surface area contributed by atoms with E-state index in [2.05, 4.69) is 12.2 Å². The topological polar surface area (TPSA) is 46.2 Å². The third-order valence-electron chi connectivity index (χ3n) is 6.03. The van der Waals surface area contributed by atoms with Gasteiger partial charge in [0.2, 0.25) is 11.8 Å². The molecule has 0 radical (unpaired) electrons. The number of hydrogen-bond donors (Lipinski definition) is 1. The lowest BCUT2D eigenvalue weighted by molar-refractivity contribution is -0.148. The van der Waals surface area contributed by atoms with Crippen molar-refractivity contribution in [1.29, 1.82) is 0 Å². The van der Waals surface area contributed by atoms with Crippen LogP contribution in [0.25, 0.3) is 0 Å². The van der Waals surface area contributed by atoms with Gasteiger partial charge in [-0.25, -0.2) is 0 Å². The molecular weight excluding hydrogens is 238 g/mol. The maximum absolute atomic E-state index is 12.5. The van der Waals surface area contributed by atoms with E-state index in [1.165, 1.54) is 38.5 Å². The Hall–Kier alpha value is -0.860. The van der Waals surface area contributed by atoms with Crippen LogP contribution >= 0.6 is 0 Å². The Morgan fingerprint density at radius 2 is 1.89 bits per heavy atom. The van der Waals surface area contributed by atoms with Crippen LogP contribution in [0.1, 0.15) is 64.7 Å². The second kappa shape index (κ2) is 4.92. The number of imide groups is 1. The SMILES string of the molecule is CCC1CCCC12CC(=O)NC(=O)C2C1CCCC1. The molecule has 1 heterocycles. The molecule has 1 N–H and O–H groups in total. The molecule has 3 nitrogen and oxygen atoms in total. The number of piperidine rings is 1. The second-order valence-electron chi connectivity index (χ2n) is 6.84. The van der Waals surface area contributed by atoms with Crippen LogP contribution in [0.4, 0.5) is 0 Å². The number of carbonyl (C=O) groups is 2. The lowest BCUT2D eigenvalue weighted by atomic mass is 9.59.